The van der Waals surface area contributed by atoms with Crippen molar-refractivity contribution in [3.05, 3.63) is 35.4 Å². The lowest BCUT2D eigenvalue weighted by Crippen LogP contribution is -2.44. The normalized spacial score (nSPS) is 16.1. The van der Waals surface area contributed by atoms with E-state index in [1.165, 1.54) is 0 Å². The first-order chi connectivity index (χ1) is 8.55. The lowest BCUT2D eigenvalue weighted by molar-refractivity contribution is -0.137. The van der Waals surface area contributed by atoms with Gasteiger partial charge < -0.3 is 10.2 Å². The molecule has 116 valence electrons. The zero-order chi connectivity index (χ0) is 13.0. The topological polar surface area (TPSA) is 15.3 Å². The van der Waals surface area contributed by atoms with Crippen LogP contribution in [0.25, 0.3) is 0 Å². The van der Waals surface area contributed by atoms with Gasteiger partial charge in [0.15, 0.2) is 0 Å². The summed E-state index contributed by atoms with van der Waals surface area (Å²) in [6.45, 7) is 4.92. The highest BCUT2D eigenvalue weighted by atomic mass is 35.5. The molecule has 1 aromatic carbocycles. The fraction of sp³-hybridized carbons (Fsp3) is 0.538. The summed E-state index contributed by atoms with van der Waals surface area (Å²) in [6.07, 6.45) is -3.44. The summed E-state index contributed by atoms with van der Waals surface area (Å²) in [5, 5.41) is 3.27. The fourth-order valence-corrected chi connectivity index (χ4v) is 2.08. The number of hydrogen-bond acceptors (Lipinski definition) is 2. The molecule has 1 aliphatic rings. The maximum Gasteiger partial charge on any atom is 0.416 e. The van der Waals surface area contributed by atoms with Gasteiger partial charge in [0.1, 0.15) is 0 Å². The molecule has 2 rings (SSSR count). The Kier molecular flexibility index (Phi) is 8.51. The number of alkyl halides is 3. The minimum atomic E-state index is -4.24. The largest absolute Gasteiger partial charge is 0.416 e. The van der Waals surface area contributed by atoms with Crippen LogP contribution < -0.4 is 5.32 Å². The van der Waals surface area contributed by atoms with E-state index >= 15 is 0 Å². The molecule has 0 bridgehead atoms. The predicted molar refractivity (Wildman–Crippen MR) is 79.0 cm³/mol. The van der Waals surface area contributed by atoms with Crippen molar-refractivity contribution >= 4 is 24.8 Å². The highest BCUT2D eigenvalue weighted by Gasteiger charge is 2.29. The smallest absolute Gasteiger partial charge is 0.314 e. The first-order valence-corrected chi connectivity index (χ1v) is 6.15. The molecule has 1 heterocycles. The lowest BCUT2D eigenvalue weighted by Gasteiger charge is -2.27. The first-order valence-electron chi connectivity index (χ1n) is 6.15. The van der Waals surface area contributed by atoms with E-state index in [9.17, 15) is 13.2 Å². The maximum absolute atomic E-state index is 12.4. The number of hydrogen-bond donors (Lipinski definition) is 1. The van der Waals surface area contributed by atoms with Crippen LogP contribution in [0, 0.1) is 0 Å². The standard InChI is InChI=1S/C13H17F3N2.2ClH/c14-13(15,16)12-3-1-11(2-4-12)5-8-18-9-6-17-7-10-18;;/h1-4,17H,5-10H2;2*1H. The average molecular weight is 331 g/mol. The SMILES string of the molecule is Cl.Cl.FC(F)(F)c1ccc(CCN2CCNCC2)cc1. The second kappa shape index (κ2) is 8.72. The summed E-state index contributed by atoms with van der Waals surface area (Å²) < 4.78 is 37.1. The van der Waals surface area contributed by atoms with Gasteiger partial charge >= 0.3 is 6.18 Å². The molecule has 20 heavy (non-hydrogen) atoms. The van der Waals surface area contributed by atoms with E-state index in [4.69, 9.17) is 0 Å². The molecule has 1 aliphatic heterocycles. The highest BCUT2D eigenvalue weighted by molar-refractivity contribution is 5.85. The molecule has 1 aromatic rings. The van der Waals surface area contributed by atoms with Crippen LogP contribution in [-0.4, -0.2) is 37.6 Å². The van der Waals surface area contributed by atoms with Crippen molar-refractivity contribution in [2.24, 2.45) is 0 Å². The number of piperazine rings is 1. The van der Waals surface area contributed by atoms with Crippen LogP contribution in [0.5, 0.6) is 0 Å². The van der Waals surface area contributed by atoms with Crippen LogP contribution in [0.3, 0.4) is 0 Å². The van der Waals surface area contributed by atoms with Crippen LogP contribution in [-0.2, 0) is 12.6 Å². The molecule has 0 spiro atoms. The van der Waals surface area contributed by atoms with Gasteiger partial charge in [0.05, 0.1) is 5.56 Å². The molecule has 7 heteroatoms. The van der Waals surface area contributed by atoms with Crippen molar-refractivity contribution in [1.29, 1.82) is 0 Å². The highest BCUT2D eigenvalue weighted by Crippen LogP contribution is 2.29. The molecule has 0 saturated carbocycles. The van der Waals surface area contributed by atoms with E-state index in [0.29, 0.717) is 0 Å². The van der Waals surface area contributed by atoms with Gasteiger partial charge in [0, 0.05) is 32.7 Å². The van der Waals surface area contributed by atoms with Gasteiger partial charge in [-0.25, -0.2) is 0 Å². The van der Waals surface area contributed by atoms with E-state index in [-0.39, 0.29) is 24.8 Å². The van der Waals surface area contributed by atoms with Gasteiger partial charge in [0.2, 0.25) is 0 Å². The molecule has 2 nitrogen and oxygen atoms in total. The van der Waals surface area contributed by atoms with Gasteiger partial charge in [-0.3, -0.25) is 0 Å². The molecule has 0 unspecified atom stereocenters. The Morgan fingerprint density at radius 3 is 2.05 bits per heavy atom. The Balaban J connectivity index is 0.00000180. The van der Waals surface area contributed by atoms with Crippen molar-refractivity contribution in [2.75, 3.05) is 32.7 Å². The molecule has 1 fully saturated rings. The number of benzene rings is 1. The van der Waals surface area contributed by atoms with E-state index in [0.717, 1.165) is 56.8 Å². The summed E-state index contributed by atoms with van der Waals surface area (Å²) in [4.78, 5) is 2.33. The number of rotatable bonds is 3. The first kappa shape index (κ1) is 19.5. The molecule has 0 aromatic heterocycles. The molecule has 0 amide bonds. The van der Waals surface area contributed by atoms with E-state index in [1.807, 2.05) is 0 Å². The van der Waals surface area contributed by atoms with Gasteiger partial charge in [-0.15, -0.1) is 24.8 Å². The van der Waals surface area contributed by atoms with Crippen molar-refractivity contribution < 1.29 is 13.2 Å². The van der Waals surface area contributed by atoms with E-state index < -0.39 is 11.7 Å². The summed E-state index contributed by atoms with van der Waals surface area (Å²) >= 11 is 0. The Morgan fingerprint density at radius 1 is 1.00 bits per heavy atom. The van der Waals surface area contributed by atoms with E-state index in [1.54, 1.807) is 12.1 Å². The Bertz CT molecular complexity index is 376. The second-order valence-corrected chi connectivity index (χ2v) is 4.54. The zero-order valence-corrected chi connectivity index (χ0v) is 12.6. The van der Waals surface area contributed by atoms with Crippen molar-refractivity contribution in [2.45, 2.75) is 12.6 Å². The molecular weight excluding hydrogens is 312 g/mol. The number of nitrogens with zero attached hydrogens (tertiary/aromatic N) is 1. The molecule has 1 saturated heterocycles. The third kappa shape index (κ3) is 5.87. The second-order valence-electron chi connectivity index (χ2n) is 4.54. The van der Waals surface area contributed by atoms with Crippen molar-refractivity contribution in [3.8, 4) is 0 Å². The van der Waals surface area contributed by atoms with Gasteiger partial charge in [-0.05, 0) is 24.1 Å². The predicted octanol–water partition coefficient (Wildman–Crippen LogP) is 3.00. The summed E-state index contributed by atoms with van der Waals surface area (Å²) in [7, 11) is 0. The van der Waals surface area contributed by atoms with Crippen LogP contribution in [0.4, 0.5) is 13.2 Å². The summed E-state index contributed by atoms with van der Waals surface area (Å²) in [5.41, 5.74) is 0.384. The van der Waals surface area contributed by atoms with Gasteiger partial charge in [-0.2, -0.15) is 13.2 Å². The molecule has 0 atom stereocenters. The number of halogens is 5. The minimum absolute atomic E-state index is 0. The summed E-state index contributed by atoms with van der Waals surface area (Å²) in [5.74, 6) is 0. The quantitative estimate of drug-likeness (QED) is 0.916. The summed E-state index contributed by atoms with van der Waals surface area (Å²) in [6, 6.07) is 5.47. The van der Waals surface area contributed by atoms with Crippen LogP contribution in [0.2, 0.25) is 0 Å². The third-order valence-electron chi connectivity index (χ3n) is 3.21. The lowest BCUT2D eigenvalue weighted by atomic mass is 10.1. The molecular formula is C13H19Cl2F3N2. The third-order valence-corrected chi connectivity index (χ3v) is 3.21. The zero-order valence-electron chi connectivity index (χ0n) is 10.9. The Hall–Kier alpha value is -0.490. The minimum Gasteiger partial charge on any atom is -0.314 e. The Labute approximate surface area is 129 Å². The van der Waals surface area contributed by atoms with Crippen molar-refractivity contribution in [3.63, 3.8) is 0 Å². The molecule has 1 N–H and O–H groups in total. The number of nitrogens with one attached hydrogen (secondary N) is 1. The average Bonchev–Trinajstić information content (AvgIpc) is 2.37. The molecule has 0 aliphatic carbocycles. The van der Waals surface area contributed by atoms with Crippen LogP contribution in [0.1, 0.15) is 11.1 Å². The van der Waals surface area contributed by atoms with Gasteiger partial charge in [0.25, 0.3) is 0 Å². The monoisotopic (exact) mass is 330 g/mol. The van der Waals surface area contributed by atoms with Gasteiger partial charge in [-0.1, -0.05) is 12.1 Å². The van der Waals surface area contributed by atoms with E-state index in [2.05, 4.69) is 10.2 Å². The molecule has 0 radical (unpaired) electrons. The fourth-order valence-electron chi connectivity index (χ4n) is 2.08. The van der Waals surface area contributed by atoms with Crippen molar-refractivity contribution in [1.82, 2.24) is 10.2 Å². The van der Waals surface area contributed by atoms with Crippen LogP contribution >= 0.6 is 24.8 Å². The maximum atomic E-state index is 12.4. The van der Waals surface area contributed by atoms with Crippen LogP contribution in [0.15, 0.2) is 24.3 Å². The Morgan fingerprint density at radius 2 is 1.55 bits per heavy atom.